The minimum Gasteiger partial charge on any atom is -0.507 e. The van der Waals surface area contributed by atoms with Crippen molar-refractivity contribution >= 4 is 28.5 Å². The lowest BCUT2D eigenvalue weighted by Gasteiger charge is -2.11. The number of fused-ring (bicyclic) bond motifs is 1. The van der Waals surface area contributed by atoms with Crippen LogP contribution in [0.4, 0.5) is 0 Å². The molecule has 2 rings (SSSR count). The van der Waals surface area contributed by atoms with E-state index in [1.807, 2.05) is 6.92 Å². The Balaban J connectivity index is 2.64. The highest BCUT2D eigenvalue weighted by Crippen LogP contribution is 2.32. The van der Waals surface area contributed by atoms with Crippen LogP contribution in [0.3, 0.4) is 0 Å². The molecule has 0 aliphatic heterocycles. The number of halogens is 1. The monoisotopic (exact) mass is 323 g/mol. The van der Waals surface area contributed by atoms with Gasteiger partial charge in [-0.15, -0.1) is 0 Å². The fourth-order valence-corrected chi connectivity index (χ4v) is 2.73. The number of esters is 1. The van der Waals surface area contributed by atoms with Gasteiger partial charge < -0.3 is 14.8 Å². The maximum Gasteiger partial charge on any atom is 0.310 e. The fraction of sp³-hybridized carbons (Fsp3) is 0.375. The number of aryl methyl sites for hydroxylation is 1. The molecule has 0 radical (unpaired) electrons. The molecule has 0 unspecified atom stereocenters. The van der Waals surface area contributed by atoms with E-state index >= 15 is 0 Å². The molecule has 2 N–H and O–H groups in total. The molecule has 0 fully saturated rings. The van der Waals surface area contributed by atoms with E-state index in [4.69, 9.17) is 16.3 Å². The van der Waals surface area contributed by atoms with Crippen molar-refractivity contribution in [3.63, 3.8) is 0 Å². The van der Waals surface area contributed by atoms with Gasteiger partial charge in [-0.3, -0.25) is 9.59 Å². The number of carbonyl (C=O) groups is 1. The topological polar surface area (TPSA) is 79.4 Å². The zero-order valence-electron chi connectivity index (χ0n) is 12.5. The first-order valence-corrected chi connectivity index (χ1v) is 7.57. The molecule has 0 atom stereocenters. The second kappa shape index (κ2) is 6.83. The third-order valence-corrected chi connectivity index (χ3v) is 3.59. The van der Waals surface area contributed by atoms with Gasteiger partial charge >= 0.3 is 5.97 Å². The normalized spacial score (nSPS) is 10.9. The molecule has 0 aliphatic carbocycles. The van der Waals surface area contributed by atoms with Crippen LogP contribution in [0.25, 0.3) is 10.9 Å². The Morgan fingerprint density at radius 2 is 2.09 bits per heavy atom. The smallest absolute Gasteiger partial charge is 0.310 e. The summed E-state index contributed by atoms with van der Waals surface area (Å²) in [5.74, 6) is -0.722. The third kappa shape index (κ3) is 3.25. The van der Waals surface area contributed by atoms with Gasteiger partial charge in [0.2, 0.25) is 0 Å². The number of hydrogen-bond acceptors (Lipinski definition) is 4. The highest BCUT2D eigenvalue weighted by Gasteiger charge is 2.18. The van der Waals surface area contributed by atoms with Crippen LogP contribution in [0, 0.1) is 0 Å². The summed E-state index contributed by atoms with van der Waals surface area (Å²) in [6.07, 6.45) is 1.30. The number of nitrogens with one attached hydrogen (secondary N) is 1. The molecular weight excluding hydrogens is 306 g/mol. The third-order valence-electron chi connectivity index (χ3n) is 3.38. The summed E-state index contributed by atoms with van der Waals surface area (Å²) in [6, 6.07) is 3.35. The van der Waals surface area contributed by atoms with E-state index < -0.39 is 11.5 Å². The second-order valence-corrected chi connectivity index (χ2v) is 5.44. The van der Waals surface area contributed by atoms with Crippen molar-refractivity contribution in [3.05, 3.63) is 38.6 Å². The Kier molecular flexibility index (Phi) is 5.08. The first kappa shape index (κ1) is 16.4. The molecule has 0 saturated heterocycles. The largest absolute Gasteiger partial charge is 0.507 e. The van der Waals surface area contributed by atoms with E-state index in [9.17, 15) is 14.7 Å². The highest BCUT2D eigenvalue weighted by molar-refractivity contribution is 6.31. The van der Waals surface area contributed by atoms with Gasteiger partial charge in [-0.1, -0.05) is 24.9 Å². The lowest BCUT2D eigenvalue weighted by molar-refractivity contribution is -0.142. The van der Waals surface area contributed by atoms with Crippen molar-refractivity contribution in [2.24, 2.45) is 0 Å². The molecule has 2 aromatic rings. The average Bonchev–Trinajstić information content (AvgIpc) is 2.43. The van der Waals surface area contributed by atoms with Crippen LogP contribution in [0.2, 0.25) is 5.02 Å². The van der Waals surface area contributed by atoms with Gasteiger partial charge in [0, 0.05) is 10.4 Å². The lowest BCUT2D eigenvalue weighted by atomic mass is 10.0. The van der Waals surface area contributed by atoms with Crippen LogP contribution < -0.4 is 5.56 Å². The van der Waals surface area contributed by atoms with Gasteiger partial charge in [0.1, 0.15) is 5.75 Å². The van der Waals surface area contributed by atoms with Gasteiger partial charge in [0.25, 0.3) is 5.56 Å². The summed E-state index contributed by atoms with van der Waals surface area (Å²) in [7, 11) is 0. The van der Waals surface area contributed by atoms with Gasteiger partial charge in [0.05, 0.1) is 24.1 Å². The number of H-pyrrole nitrogens is 1. The standard InChI is InChI=1S/C16H18ClNO4/c1-3-5-9-6-10(17)7-12-14(9)15(20)11(16(21)18-12)8-13(19)22-4-2/h6-7H,3-5,8H2,1-2H3,(H2,18,20,21). The zero-order chi connectivity index (χ0) is 16.3. The molecule has 22 heavy (non-hydrogen) atoms. The van der Waals surface area contributed by atoms with Crippen molar-refractivity contribution in [1.29, 1.82) is 0 Å². The number of carbonyl (C=O) groups excluding carboxylic acids is 1. The van der Waals surface area contributed by atoms with Gasteiger partial charge in [-0.2, -0.15) is 0 Å². The number of rotatable bonds is 5. The molecule has 6 heteroatoms. The number of aromatic nitrogens is 1. The summed E-state index contributed by atoms with van der Waals surface area (Å²) >= 11 is 6.05. The summed E-state index contributed by atoms with van der Waals surface area (Å²) in [5.41, 5.74) is 0.809. The summed E-state index contributed by atoms with van der Waals surface area (Å²) < 4.78 is 4.84. The van der Waals surface area contributed by atoms with Crippen molar-refractivity contribution < 1.29 is 14.6 Å². The number of aromatic hydroxyl groups is 1. The van der Waals surface area contributed by atoms with Crippen LogP contribution in [-0.2, 0) is 22.4 Å². The number of ether oxygens (including phenoxy) is 1. The minimum absolute atomic E-state index is 0.0191. The Bertz CT molecular complexity index is 767. The van der Waals surface area contributed by atoms with Crippen molar-refractivity contribution in [2.75, 3.05) is 6.61 Å². The van der Waals surface area contributed by atoms with Crippen LogP contribution in [0.1, 0.15) is 31.4 Å². The summed E-state index contributed by atoms with van der Waals surface area (Å²) in [5, 5.41) is 11.5. The molecule has 1 heterocycles. The average molecular weight is 324 g/mol. The van der Waals surface area contributed by atoms with Crippen LogP contribution in [0.5, 0.6) is 5.75 Å². The molecule has 0 aliphatic rings. The first-order chi connectivity index (χ1) is 10.5. The van der Waals surface area contributed by atoms with Gasteiger partial charge in [0.15, 0.2) is 0 Å². The number of pyridine rings is 1. The Labute approximate surface area is 132 Å². The molecule has 1 aromatic heterocycles. The Hall–Kier alpha value is -2.01. The molecule has 0 amide bonds. The molecule has 1 aromatic carbocycles. The lowest BCUT2D eigenvalue weighted by Crippen LogP contribution is -2.18. The maximum atomic E-state index is 12.1. The molecule has 0 spiro atoms. The van der Waals surface area contributed by atoms with Crippen molar-refractivity contribution in [1.82, 2.24) is 4.98 Å². The number of benzene rings is 1. The second-order valence-electron chi connectivity index (χ2n) is 5.00. The minimum atomic E-state index is -0.548. The Morgan fingerprint density at radius 1 is 1.36 bits per heavy atom. The number of hydrogen-bond donors (Lipinski definition) is 2. The van der Waals surface area contributed by atoms with E-state index in [1.165, 1.54) is 0 Å². The first-order valence-electron chi connectivity index (χ1n) is 7.19. The Morgan fingerprint density at radius 3 is 2.73 bits per heavy atom. The molecule has 0 saturated carbocycles. The highest BCUT2D eigenvalue weighted by atomic mass is 35.5. The summed E-state index contributed by atoms with van der Waals surface area (Å²) in [6.45, 7) is 3.92. The fourth-order valence-electron chi connectivity index (χ4n) is 2.48. The molecule has 118 valence electrons. The van der Waals surface area contributed by atoms with E-state index in [-0.39, 0.29) is 24.3 Å². The van der Waals surface area contributed by atoms with Crippen LogP contribution >= 0.6 is 11.6 Å². The maximum absolute atomic E-state index is 12.1. The molecular formula is C16H18ClNO4. The molecule has 0 bridgehead atoms. The number of aromatic amines is 1. The van der Waals surface area contributed by atoms with E-state index in [2.05, 4.69) is 4.98 Å². The van der Waals surface area contributed by atoms with Crippen molar-refractivity contribution in [3.8, 4) is 5.75 Å². The van der Waals surface area contributed by atoms with Crippen LogP contribution in [-0.4, -0.2) is 22.7 Å². The van der Waals surface area contributed by atoms with E-state index in [0.717, 1.165) is 12.0 Å². The van der Waals surface area contributed by atoms with Crippen LogP contribution in [0.15, 0.2) is 16.9 Å². The van der Waals surface area contributed by atoms with Gasteiger partial charge in [-0.05, 0) is 31.0 Å². The summed E-state index contributed by atoms with van der Waals surface area (Å²) in [4.78, 5) is 26.4. The van der Waals surface area contributed by atoms with E-state index in [0.29, 0.717) is 22.3 Å². The predicted octanol–water partition coefficient (Wildman–Crippen LogP) is 2.95. The SMILES string of the molecule is CCCc1cc(Cl)cc2[nH]c(=O)c(CC(=O)OCC)c(O)c12. The zero-order valence-corrected chi connectivity index (χ0v) is 13.3. The molecule has 5 nitrogen and oxygen atoms in total. The predicted molar refractivity (Wildman–Crippen MR) is 85.6 cm³/mol. The van der Waals surface area contributed by atoms with Gasteiger partial charge in [-0.25, -0.2) is 0 Å². The quantitative estimate of drug-likeness (QED) is 0.829. The van der Waals surface area contributed by atoms with E-state index in [1.54, 1.807) is 19.1 Å². The van der Waals surface area contributed by atoms with Crippen molar-refractivity contribution in [2.45, 2.75) is 33.1 Å².